The van der Waals surface area contributed by atoms with Crippen LogP contribution in [0.2, 0.25) is 0 Å². The van der Waals surface area contributed by atoms with Gasteiger partial charge in [-0.3, -0.25) is 4.98 Å². The number of hydrogen-bond donors (Lipinski definition) is 2. The second-order valence-corrected chi connectivity index (χ2v) is 4.51. The third-order valence-corrected chi connectivity index (χ3v) is 3.02. The normalized spacial score (nSPS) is 11.4. The van der Waals surface area contributed by atoms with E-state index in [1.54, 1.807) is 12.3 Å². The molecular weight excluding hydrogens is 254 g/mol. The molecule has 0 unspecified atom stereocenters. The molecule has 0 aliphatic heterocycles. The van der Waals surface area contributed by atoms with Crippen LogP contribution in [0.4, 0.5) is 0 Å². The highest BCUT2D eigenvalue weighted by Gasteiger charge is 2.10. The molecule has 2 aromatic rings. The van der Waals surface area contributed by atoms with Crippen LogP contribution in [0.25, 0.3) is 0 Å². The first-order valence-electron chi connectivity index (χ1n) is 6.24. The van der Waals surface area contributed by atoms with Crippen LogP contribution in [0.15, 0.2) is 41.7 Å². The van der Waals surface area contributed by atoms with Crippen LogP contribution in [0, 0.1) is 13.8 Å². The highest BCUT2D eigenvalue weighted by molar-refractivity contribution is 5.96. The Hall–Kier alpha value is -2.56. The van der Waals surface area contributed by atoms with Crippen LogP contribution >= 0.6 is 0 Å². The van der Waals surface area contributed by atoms with Crippen LogP contribution < -0.4 is 10.5 Å². The van der Waals surface area contributed by atoms with Gasteiger partial charge in [0.05, 0.1) is 0 Å². The summed E-state index contributed by atoms with van der Waals surface area (Å²) in [5.74, 6) is 0.826. The summed E-state index contributed by atoms with van der Waals surface area (Å²) in [4.78, 5) is 4.11. The van der Waals surface area contributed by atoms with Gasteiger partial charge in [0.15, 0.2) is 5.84 Å². The molecule has 5 heteroatoms. The van der Waals surface area contributed by atoms with Gasteiger partial charge in [0.1, 0.15) is 18.1 Å². The largest absolute Gasteiger partial charge is 0.488 e. The molecule has 5 nitrogen and oxygen atoms in total. The molecule has 3 N–H and O–H groups in total. The maximum Gasteiger partial charge on any atom is 0.189 e. The predicted molar refractivity (Wildman–Crippen MR) is 77.0 cm³/mol. The highest BCUT2D eigenvalue weighted by Crippen LogP contribution is 2.23. The Balaban J connectivity index is 2.24. The molecule has 0 bridgehead atoms. The lowest BCUT2D eigenvalue weighted by molar-refractivity contribution is 0.300. The van der Waals surface area contributed by atoms with E-state index in [1.165, 1.54) is 0 Å². The molecule has 1 aromatic heterocycles. The van der Waals surface area contributed by atoms with Crippen LogP contribution in [0.5, 0.6) is 5.75 Å². The average Bonchev–Trinajstić information content (AvgIpc) is 2.46. The molecule has 0 saturated carbocycles. The zero-order chi connectivity index (χ0) is 14.5. The lowest BCUT2D eigenvalue weighted by Crippen LogP contribution is -2.18. The van der Waals surface area contributed by atoms with Gasteiger partial charge in [0, 0.05) is 11.8 Å². The molecule has 0 radical (unpaired) electrons. The average molecular weight is 271 g/mol. The Bertz CT molecular complexity index is 619. The minimum Gasteiger partial charge on any atom is -0.488 e. The van der Waals surface area contributed by atoms with E-state index in [0.717, 1.165) is 22.4 Å². The summed E-state index contributed by atoms with van der Waals surface area (Å²) in [7, 11) is 0. The predicted octanol–water partition coefficient (Wildman–Crippen LogP) is 2.37. The van der Waals surface area contributed by atoms with Gasteiger partial charge in [-0.25, -0.2) is 0 Å². The fourth-order valence-electron chi connectivity index (χ4n) is 2.01. The molecule has 0 spiro atoms. The zero-order valence-electron chi connectivity index (χ0n) is 11.5. The van der Waals surface area contributed by atoms with Crippen molar-refractivity contribution in [3.63, 3.8) is 0 Å². The summed E-state index contributed by atoms with van der Waals surface area (Å²) in [5.41, 5.74) is 8.94. The number of para-hydroxylation sites is 1. The summed E-state index contributed by atoms with van der Waals surface area (Å²) in [6.07, 6.45) is 1.59. The van der Waals surface area contributed by atoms with Crippen molar-refractivity contribution in [3.05, 3.63) is 58.9 Å². The first-order valence-corrected chi connectivity index (χ1v) is 6.24. The maximum atomic E-state index is 8.77. The molecule has 104 valence electrons. The smallest absolute Gasteiger partial charge is 0.189 e. The van der Waals surface area contributed by atoms with Crippen LogP contribution in [0.3, 0.4) is 0 Å². The Kier molecular flexibility index (Phi) is 4.20. The molecule has 0 aliphatic rings. The fourth-order valence-corrected chi connectivity index (χ4v) is 2.01. The molecule has 0 fully saturated rings. The van der Waals surface area contributed by atoms with Crippen molar-refractivity contribution < 1.29 is 9.94 Å². The number of aromatic nitrogens is 1. The van der Waals surface area contributed by atoms with Gasteiger partial charge in [-0.1, -0.05) is 29.4 Å². The Labute approximate surface area is 117 Å². The molecule has 20 heavy (non-hydrogen) atoms. The number of benzene rings is 1. The fraction of sp³-hybridized carbons (Fsp3) is 0.200. The lowest BCUT2D eigenvalue weighted by atomic mass is 10.1. The zero-order valence-corrected chi connectivity index (χ0v) is 11.5. The number of nitrogens with two attached hydrogens (primary N) is 1. The summed E-state index contributed by atoms with van der Waals surface area (Å²) in [6, 6.07) is 9.61. The number of oxime groups is 1. The summed E-state index contributed by atoms with van der Waals surface area (Å²) in [6.45, 7) is 4.30. The number of rotatable bonds is 4. The van der Waals surface area contributed by atoms with Gasteiger partial charge in [0.2, 0.25) is 0 Å². The number of hydrogen-bond acceptors (Lipinski definition) is 4. The number of amidine groups is 1. The van der Waals surface area contributed by atoms with Crippen LogP contribution in [-0.2, 0) is 6.61 Å². The molecule has 0 atom stereocenters. The Morgan fingerprint density at radius 3 is 2.60 bits per heavy atom. The second kappa shape index (κ2) is 6.06. The monoisotopic (exact) mass is 271 g/mol. The standard InChI is InChI=1S/C15H17N3O2/c1-10-5-3-6-11(2)14(10)20-9-12-7-4-8-17-13(12)15(16)18-19/h3-8,19H,9H2,1-2H3,(H2,16,18). The van der Waals surface area contributed by atoms with Gasteiger partial charge in [-0.2, -0.15) is 0 Å². The Morgan fingerprint density at radius 1 is 1.25 bits per heavy atom. The topological polar surface area (TPSA) is 80.7 Å². The number of ether oxygens (including phenoxy) is 1. The minimum absolute atomic E-state index is 0.0225. The van der Waals surface area contributed by atoms with E-state index < -0.39 is 0 Å². The summed E-state index contributed by atoms with van der Waals surface area (Å²) >= 11 is 0. The third-order valence-electron chi connectivity index (χ3n) is 3.02. The van der Waals surface area contributed by atoms with Crippen molar-refractivity contribution in [2.24, 2.45) is 10.9 Å². The van der Waals surface area contributed by atoms with Gasteiger partial charge in [0.25, 0.3) is 0 Å². The van der Waals surface area contributed by atoms with Gasteiger partial charge in [-0.05, 0) is 31.0 Å². The van der Waals surface area contributed by atoms with Crippen molar-refractivity contribution in [2.45, 2.75) is 20.5 Å². The van der Waals surface area contributed by atoms with E-state index in [0.29, 0.717) is 12.3 Å². The highest BCUT2D eigenvalue weighted by atomic mass is 16.5. The molecule has 1 heterocycles. The van der Waals surface area contributed by atoms with Crippen molar-refractivity contribution in [3.8, 4) is 5.75 Å². The molecule has 0 saturated heterocycles. The molecule has 2 rings (SSSR count). The first-order chi connectivity index (χ1) is 9.63. The quantitative estimate of drug-likeness (QED) is 0.387. The second-order valence-electron chi connectivity index (χ2n) is 4.51. The van der Waals surface area contributed by atoms with Gasteiger partial charge >= 0.3 is 0 Å². The minimum atomic E-state index is -0.0225. The third kappa shape index (κ3) is 2.88. The molecule has 1 aromatic carbocycles. The summed E-state index contributed by atoms with van der Waals surface area (Å²) < 4.78 is 5.86. The van der Waals surface area contributed by atoms with E-state index in [4.69, 9.17) is 15.7 Å². The SMILES string of the molecule is Cc1cccc(C)c1OCc1cccnc1C(N)=NO. The van der Waals surface area contributed by atoms with E-state index in [1.807, 2.05) is 38.1 Å². The number of pyridine rings is 1. The number of aryl methyl sites for hydroxylation is 2. The molecular formula is C15H17N3O2. The van der Waals surface area contributed by atoms with Crippen molar-refractivity contribution in [1.82, 2.24) is 4.98 Å². The molecule has 0 amide bonds. The van der Waals surface area contributed by atoms with Crippen molar-refractivity contribution >= 4 is 5.84 Å². The Morgan fingerprint density at radius 2 is 1.95 bits per heavy atom. The van der Waals surface area contributed by atoms with Crippen molar-refractivity contribution in [1.29, 1.82) is 0 Å². The maximum absolute atomic E-state index is 8.77. The van der Waals surface area contributed by atoms with E-state index >= 15 is 0 Å². The van der Waals surface area contributed by atoms with Crippen molar-refractivity contribution in [2.75, 3.05) is 0 Å². The van der Waals surface area contributed by atoms with Crippen LogP contribution in [-0.4, -0.2) is 16.0 Å². The number of nitrogens with zero attached hydrogens (tertiary/aromatic N) is 2. The van der Waals surface area contributed by atoms with Crippen LogP contribution in [0.1, 0.15) is 22.4 Å². The van der Waals surface area contributed by atoms with E-state index in [9.17, 15) is 0 Å². The summed E-state index contributed by atoms with van der Waals surface area (Å²) in [5, 5.41) is 11.8. The van der Waals surface area contributed by atoms with E-state index in [2.05, 4.69) is 10.1 Å². The van der Waals surface area contributed by atoms with E-state index in [-0.39, 0.29) is 5.84 Å². The molecule has 0 aliphatic carbocycles. The van der Waals surface area contributed by atoms with Gasteiger partial charge < -0.3 is 15.7 Å². The van der Waals surface area contributed by atoms with Gasteiger partial charge in [-0.15, -0.1) is 0 Å². The first kappa shape index (κ1) is 13.9. The lowest BCUT2D eigenvalue weighted by Gasteiger charge is -2.13.